The van der Waals surface area contributed by atoms with Crippen molar-refractivity contribution in [2.24, 2.45) is 0 Å². The van der Waals surface area contributed by atoms with Crippen LogP contribution in [-0.2, 0) is 0 Å². The van der Waals surface area contributed by atoms with Crippen LogP contribution in [0.1, 0.15) is 19.8 Å². The fourth-order valence-corrected chi connectivity index (χ4v) is 1.14. The molecular formula is C11H17NO2. The summed E-state index contributed by atoms with van der Waals surface area (Å²) in [5.41, 5.74) is 6.34. The van der Waals surface area contributed by atoms with Crippen molar-refractivity contribution in [3.63, 3.8) is 0 Å². The maximum absolute atomic E-state index is 5.73. The summed E-state index contributed by atoms with van der Waals surface area (Å²) in [6.07, 6.45) is 2.19. The maximum atomic E-state index is 5.73. The minimum absolute atomic E-state index is 0.612. The molecule has 0 amide bonds. The van der Waals surface area contributed by atoms with Crippen LogP contribution in [0, 0.1) is 0 Å². The van der Waals surface area contributed by atoms with Crippen molar-refractivity contribution in [3.8, 4) is 11.5 Å². The van der Waals surface area contributed by atoms with Crippen molar-refractivity contribution >= 4 is 5.69 Å². The molecule has 0 saturated heterocycles. The predicted molar refractivity (Wildman–Crippen MR) is 57.8 cm³/mol. The molecule has 0 aliphatic carbocycles. The van der Waals surface area contributed by atoms with E-state index in [1.54, 1.807) is 13.2 Å². The first-order chi connectivity index (χ1) is 6.77. The van der Waals surface area contributed by atoms with Gasteiger partial charge in [0.1, 0.15) is 11.5 Å². The van der Waals surface area contributed by atoms with Crippen LogP contribution in [-0.4, -0.2) is 13.7 Å². The van der Waals surface area contributed by atoms with Gasteiger partial charge in [0, 0.05) is 6.07 Å². The van der Waals surface area contributed by atoms with E-state index in [4.69, 9.17) is 15.2 Å². The lowest BCUT2D eigenvalue weighted by atomic mass is 10.3. The Morgan fingerprint density at radius 1 is 1.36 bits per heavy atom. The highest BCUT2D eigenvalue weighted by Gasteiger charge is 2.00. The monoisotopic (exact) mass is 195 g/mol. The molecule has 0 aromatic heterocycles. The van der Waals surface area contributed by atoms with Crippen molar-refractivity contribution < 1.29 is 9.47 Å². The van der Waals surface area contributed by atoms with Crippen LogP contribution >= 0.6 is 0 Å². The van der Waals surface area contributed by atoms with Gasteiger partial charge in [-0.3, -0.25) is 0 Å². The van der Waals surface area contributed by atoms with Gasteiger partial charge in [0.15, 0.2) is 0 Å². The maximum Gasteiger partial charge on any atom is 0.142 e. The molecule has 0 radical (unpaired) electrons. The Bertz CT molecular complexity index is 287. The third-order valence-corrected chi connectivity index (χ3v) is 1.97. The van der Waals surface area contributed by atoms with Crippen molar-refractivity contribution in [1.82, 2.24) is 0 Å². The normalized spacial score (nSPS) is 9.86. The quantitative estimate of drug-likeness (QED) is 0.579. The van der Waals surface area contributed by atoms with Gasteiger partial charge in [-0.25, -0.2) is 0 Å². The van der Waals surface area contributed by atoms with Crippen LogP contribution in [0.15, 0.2) is 18.2 Å². The number of anilines is 1. The first-order valence-electron chi connectivity index (χ1n) is 4.84. The highest BCUT2D eigenvalue weighted by molar-refractivity contribution is 5.56. The Morgan fingerprint density at radius 3 is 2.71 bits per heavy atom. The third kappa shape index (κ3) is 2.83. The Morgan fingerprint density at radius 2 is 2.14 bits per heavy atom. The van der Waals surface area contributed by atoms with Gasteiger partial charge in [-0.1, -0.05) is 13.3 Å². The van der Waals surface area contributed by atoms with Crippen LogP contribution in [0.4, 0.5) is 5.69 Å². The molecule has 0 atom stereocenters. The summed E-state index contributed by atoms with van der Waals surface area (Å²) in [6, 6.07) is 5.47. The van der Waals surface area contributed by atoms with E-state index in [1.807, 2.05) is 12.1 Å². The van der Waals surface area contributed by atoms with Gasteiger partial charge in [-0.15, -0.1) is 0 Å². The standard InChI is InChI=1S/C11H17NO2/c1-3-4-7-14-9-5-6-11(13-2)10(12)8-9/h5-6,8H,3-4,7,12H2,1-2H3. The molecule has 1 rings (SSSR count). The zero-order valence-electron chi connectivity index (χ0n) is 8.75. The summed E-state index contributed by atoms with van der Waals surface area (Å²) in [4.78, 5) is 0. The molecule has 1 aromatic carbocycles. The molecule has 14 heavy (non-hydrogen) atoms. The number of benzene rings is 1. The number of nitrogens with two attached hydrogens (primary N) is 1. The van der Waals surface area contributed by atoms with E-state index in [9.17, 15) is 0 Å². The summed E-state index contributed by atoms with van der Waals surface area (Å²) in [6.45, 7) is 2.87. The summed E-state index contributed by atoms with van der Waals surface area (Å²) in [5, 5.41) is 0. The second kappa shape index (κ2) is 5.37. The van der Waals surface area contributed by atoms with Crippen LogP contribution in [0.25, 0.3) is 0 Å². The molecule has 0 saturated carbocycles. The lowest BCUT2D eigenvalue weighted by molar-refractivity contribution is 0.309. The fraction of sp³-hybridized carbons (Fsp3) is 0.455. The Kier molecular flexibility index (Phi) is 4.11. The van der Waals surface area contributed by atoms with Crippen LogP contribution < -0.4 is 15.2 Å². The molecule has 0 spiro atoms. The Labute approximate surface area is 84.8 Å². The van der Waals surface area contributed by atoms with E-state index in [1.165, 1.54) is 0 Å². The molecule has 78 valence electrons. The zero-order chi connectivity index (χ0) is 10.4. The summed E-state index contributed by atoms with van der Waals surface area (Å²) < 4.78 is 10.5. The van der Waals surface area contributed by atoms with Crippen molar-refractivity contribution in [2.45, 2.75) is 19.8 Å². The van der Waals surface area contributed by atoms with Crippen molar-refractivity contribution in [1.29, 1.82) is 0 Å². The first kappa shape index (κ1) is 10.7. The number of hydrogen-bond donors (Lipinski definition) is 1. The molecule has 3 nitrogen and oxygen atoms in total. The SMILES string of the molecule is CCCCOc1ccc(OC)c(N)c1. The van der Waals surface area contributed by atoms with Gasteiger partial charge in [-0.05, 0) is 18.6 Å². The van der Waals surface area contributed by atoms with Crippen molar-refractivity contribution in [3.05, 3.63) is 18.2 Å². The average Bonchev–Trinajstić information content (AvgIpc) is 2.18. The van der Waals surface area contributed by atoms with Gasteiger partial charge in [0.25, 0.3) is 0 Å². The zero-order valence-corrected chi connectivity index (χ0v) is 8.75. The minimum atomic E-state index is 0.612. The molecule has 0 aliphatic heterocycles. The van der Waals surface area contributed by atoms with E-state index in [0.717, 1.165) is 25.2 Å². The van der Waals surface area contributed by atoms with E-state index in [-0.39, 0.29) is 0 Å². The fourth-order valence-electron chi connectivity index (χ4n) is 1.14. The molecule has 0 fully saturated rings. The van der Waals surface area contributed by atoms with Crippen LogP contribution in [0.3, 0.4) is 0 Å². The molecule has 3 heteroatoms. The molecular weight excluding hydrogens is 178 g/mol. The van der Waals surface area contributed by atoms with E-state index in [0.29, 0.717) is 11.4 Å². The lowest BCUT2D eigenvalue weighted by Crippen LogP contribution is -1.98. The van der Waals surface area contributed by atoms with Gasteiger partial charge in [0.2, 0.25) is 0 Å². The molecule has 0 unspecified atom stereocenters. The van der Waals surface area contributed by atoms with Gasteiger partial charge in [0.05, 0.1) is 19.4 Å². The van der Waals surface area contributed by atoms with Crippen LogP contribution in [0.2, 0.25) is 0 Å². The number of nitrogen functional groups attached to an aromatic ring is 1. The molecule has 1 aromatic rings. The van der Waals surface area contributed by atoms with Gasteiger partial charge < -0.3 is 15.2 Å². The topological polar surface area (TPSA) is 44.5 Å². The highest BCUT2D eigenvalue weighted by atomic mass is 16.5. The summed E-state index contributed by atoms with van der Waals surface area (Å²) in [7, 11) is 1.60. The van der Waals surface area contributed by atoms with Crippen LogP contribution in [0.5, 0.6) is 11.5 Å². The number of rotatable bonds is 5. The minimum Gasteiger partial charge on any atom is -0.495 e. The Hall–Kier alpha value is -1.38. The Balaban J connectivity index is 2.57. The summed E-state index contributed by atoms with van der Waals surface area (Å²) in [5.74, 6) is 1.49. The lowest BCUT2D eigenvalue weighted by Gasteiger charge is -2.08. The second-order valence-electron chi connectivity index (χ2n) is 3.11. The predicted octanol–water partition coefficient (Wildman–Crippen LogP) is 2.46. The number of ether oxygens (including phenoxy) is 2. The van der Waals surface area contributed by atoms with E-state index < -0.39 is 0 Å². The average molecular weight is 195 g/mol. The molecule has 0 heterocycles. The molecule has 0 bridgehead atoms. The number of hydrogen-bond acceptors (Lipinski definition) is 3. The molecule has 2 N–H and O–H groups in total. The second-order valence-corrected chi connectivity index (χ2v) is 3.11. The number of unbranched alkanes of at least 4 members (excludes halogenated alkanes) is 1. The smallest absolute Gasteiger partial charge is 0.142 e. The highest BCUT2D eigenvalue weighted by Crippen LogP contribution is 2.25. The van der Waals surface area contributed by atoms with E-state index in [2.05, 4.69) is 6.92 Å². The third-order valence-electron chi connectivity index (χ3n) is 1.97. The van der Waals surface area contributed by atoms with Gasteiger partial charge in [-0.2, -0.15) is 0 Å². The van der Waals surface area contributed by atoms with E-state index >= 15 is 0 Å². The van der Waals surface area contributed by atoms with Crippen molar-refractivity contribution in [2.75, 3.05) is 19.5 Å². The molecule has 0 aliphatic rings. The van der Waals surface area contributed by atoms with Gasteiger partial charge >= 0.3 is 0 Å². The number of methoxy groups -OCH3 is 1. The largest absolute Gasteiger partial charge is 0.495 e. The first-order valence-corrected chi connectivity index (χ1v) is 4.84. The summed E-state index contributed by atoms with van der Waals surface area (Å²) >= 11 is 0.